The summed E-state index contributed by atoms with van der Waals surface area (Å²) in [6.07, 6.45) is 0.475. The average Bonchev–Trinajstić information content (AvgIpc) is 3.08. The monoisotopic (exact) mass is 634 g/mol. The zero-order chi connectivity index (χ0) is 33.6. The molecule has 5 N–H and O–H groups in total. The molecular formula is C38H42N4O5. The molecule has 0 unspecified atom stereocenters. The van der Waals surface area contributed by atoms with Crippen LogP contribution in [0.15, 0.2) is 121 Å². The van der Waals surface area contributed by atoms with E-state index in [9.17, 15) is 19.2 Å². The lowest BCUT2D eigenvalue weighted by atomic mass is 9.77. The summed E-state index contributed by atoms with van der Waals surface area (Å²) in [7, 11) is 0. The number of benzene rings is 4. The molecule has 0 aromatic heterocycles. The fourth-order valence-corrected chi connectivity index (χ4v) is 5.65. The highest BCUT2D eigenvalue weighted by Gasteiger charge is 2.37. The summed E-state index contributed by atoms with van der Waals surface area (Å²) in [6, 6.07) is 36.8. The van der Waals surface area contributed by atoms with E-state index >= 15 is 0 Å². The first-order valence-electron chi connectivity index (χ1n) is 15.7. The Morgan fingerprint density at radius 1 is 0.617 bits per heavy atom. The quantitative estimate of drug-likeness (QED) is 0.118. The van der Waals surface area contributed by atoms with E-state index in [2.05, 4.69) is 21.3 Å². The molecule has 0 aliphatic carbocycles. The van der Waals surface area contributed by atoms with Crippen LogP contribution in [0.25, 0.3) is 0 Å². The molecule has 0 fully saturated rings. The second-order valence-electron chi connectivity index (χ2n) is 11.8. The van der Waals surface area contributed by atoms with Gasteiger partial charge in [-0.05, 0) is 34.6 Å². The van der Waals surface area contributed by atoms with E-state index in [4.69, 9.17) is 5.11 Å². The maximum atomic E-state index is 13.7. The van der Waals surface area contributed by atoms with Crippen LogP contribution in [0.1, 0.15) is 42.5 Å². The third-order valence-electron chi connectivity index (χ3n) is 7.82. The number of aliphatic carboxylic acids is 1. The summed E-state index contributed by atoms with van der Waals surface area (Å²) in [4.78, 5) is 51.4. The van der Waals surface area contributed by atoms with E-state index in [-0.39, 0.29) is 18.9 Å². The number of rotatable bonds is 16. The third-order valence-corrected chi connectivity index (χ3v) is 7.82. The van der Waals surface area contributed by atoms with Gasteiger partial charge in [-0.2, -0.15) is 0 Å². The lowest BCUT2D eigenvalue weighted by Gasteiger charge is -2.37. The summed E-state index contributed by atoms with van der Waals surface area (Å²) >= 11 is 0. The Kier molecular flexibility index (Phi) is 12.4. The minimum Gasteiger partial charge on any atom is -0.480 e. The minimum absolute atomic E-state index is 0.0458. The van der Waals surface area contributed by atoms with Crippen LogP contribution in [0.3, 0.4) is 0 Å². The van der Waals surface area contributed by atoms with Crippen LogP contribution >= 0.6 is 0 Å². The highest BCUT2D eigenvalue weighted by molar-refractivity contribution is 5.93. The van der Waals surface area contributed by atoms with Gasteiger partial charge in [-0.15, -0.1) is 0 Å². The number of amides is 3. The molecule has 4 rings (SSSR count). The largest absolute Gasteiger partial charge is 0.480 e. The molecule has 3 amide bonds. The van der Waals surface area contributed by atoms with Gasteiger partial charge in [-0.1, -0.05) is 135 Å². The lowest BCUT2D eigenvalue weighted by molar-refractivity contribution is -0.138. The number of hydrogen-bond donors (Lipinski definition) is 5. The lowest BCUT2D eigenvalue weighted by Crippen LogP contribution is -2.56. The van der Waals surface area contributed by atoms with Crippen molar-refractivity contribution in [3.05, 3.63) is 144 Å². The first-order valence-corrected chi connectivity index (χ1v) is 15.7. The maximum Gasteiger partial charge on any atom is 0.322 e. The summed E-state index contributed by atoms with van der Waals surface area (Å²) in [5, 5.41) is 20.6. The Labute approximate surface area is 275 Å². The van der Waals surface area contributed by atoms with Crippen LogP contribution in [0.2, 0.25) is 0 Å². The topological polar surface area (TPSA) is 137 Å². The predicted molar refractivity (Wildman–Crippen MR) is 181 cm³/mol. The van der Waals surface area contributed by atoms with Crippen molar-refractivity contribution in [1.82, 2.24) is 21.3 Å². The van der Waals surface area contributed by atoms with Crippen LogP contribution in [-0.2, 0) is 31.1 Å². The second kappa shape index (κ2) is 16.9. The van der Waals surface area contributed by atoms with Crippen molar-refractivity contribution in [3.8, 4) is 0 Å². The van der Waals surface area contributed by atoms with Gasteiger partial charge in [0.15, 0.2) is 0 Å². The SMILES string of the molecule is CC(C)C[C@H](NC(=O)CNC(c1ccccc1)(c1ccccc1)c1ccccc1)C(=O)N[C@@H](Cc1ccccc1)C(=O)NCC(=O)O. The number of nitrogens with one attached hydrogen (secondary N) is 4. The summed E-state index contributed by atoms with van der Waals surface area (Å²) in [6.45, 7) is 3.19. The van der Waals surface area contributed by atoms with Crippen molar-refractivity contribution >= 4 is 23.7 Å². The molecular weight excluding hydrogens is 592 g/mol. The highest BCUT2D eigenvalue weighted by Crippen LogP contribution is 2.36. The number of carboxylic acid groups (broad SMARTS) is 1. The Balaban J connectivity index is 1.57. The minimum atomic E-state index is -1.20. The van der Waals surface area contributed by atoms with Crippen LogP contribution in [0.5, 0.6) is 0 Å². The number of hydrogen-bond acceptors (Lipinski definition) is 5. The molecule has 4 aromatic carbocycles. The highest BCUT2D eigenvalue weighted by atomic mass is 16.4. The predicted octanol–water partition coefficient (Wildman–Crippen LogP) is 4.03. The van der Waals surface area contributed by atoms with Crippen molar-refractivity contribution in [2.75, 3.05) is 13.1 Å². The van der Waals surface area contributed by atoms with Gasteiger partial charge in [0, 0.05) is 6.42 Å². The Morgan fingerprint density at radius 2 is 1.09 bits per heavy atom. The molecule has 0 spiro atoms. The van der Waals surface area contributed by atoms with Crippen LogP contribution < -0.4 is 21.3 Å². The molecule has 0 saturated heterocycles. The van der Waals surface area contributed by atoms with Gasteiger partial charge in [0.25, 0.3) is 0 Å². The van der Waals surface area contributed by atoms with E-state index in [0.29, 0.717) is 6.42 Å². The fourth-order valence-electron chi connectivity index (χ4n) is 5.65. The standard InChI is InChI=1S/C38H42N4O5/c1-27(2)23-32(37(47)42-33(36(46)39-26-35(44)45)24-28-15-7-3-8-16-28)41-34(43)25-40-38(29-17-9-4-10-18-29,30-19-11-5-12-20-30)31-21-13-6-14-22-31/h3-22,27,32-33,40H,23-26H2,1-2H3,(H,39,46)(H,41,43)(H,42,47)(H,44,45)/t32-,33-/m0/s1. The third kappa shape index (κ3) is 9.61. The second-order valence-corrected chi connectivity index (χ2v) is 11.8. The average molecular weight is 635 g/mol. The van der Waals surface area contributed by atoms with Gasteiger partial charge in [0.2, 0.25) is 17.7 Å². The smallest absolute Gasteiger partial charge is 0.322 e. The molecule has 47 heavy (non-hydrogen) atoms. The summed E-state index contributed by atoms with van der Waals surface area (Å²) in [5.41, 5.74) is 2.74. The molecule has 9 heteroatoms. The van der Waals surface area contributed by atoms with Crippen molar-refractivity contribution in [2.45, 2.75) is 44.3 Å². The molecule has 244 valence electrons. The van der Waals surface area contributed by atoms with E-state index in [1.165, 1.54) is 0 Å². The molecule has 0 saturated carbocycles. The van der Waals surface area contributed by atoms with Crippen molar-refractivity contribution in [2.24, 2.45) is 5.92 Å². The molecule has 0 bridgehead atoms. The van der Waals surface area contributed by atoms with Gasteiger partial charge in [-0.3, -0.25) is 24.5 Å². The molecule has 0 aliphatic heterocycles. The van der Waals surface area contributed by atoms with E-state index < -0.39 is 47.9 Å². The van der Waals surface area contributed by atoms with Gasteiger partial charge in [-0.25, -0.2) is 0 Å². The zero-order valence-corrected chi connectivity index (χ0v) is 26.7. The van der Waals surface area contributed by atoms with Crippen LogP contribution in [0.4, 0.5) is 0 Å². The van der Waals surface area contributed by atoms with Crippen LogP contribution in [-0.4, -0.2) is 54.0 Å². The van der Waals surface area contributed by atoms with Gasteiger partial charge < -0.3 is 21.1 Å². The van der Waals surface area contributed by atoms with E-state index in [1.54, 1.807) is 0 Å². The molecule has 0 radical (unpaired) electrons. The first-order chi connectivity index (χ1) is 22.7. The Bertz CT molecular complexity index is 1500. The van der Waals surface area contributed by atoms with Crippen molar-refractivity contribution in [3.63, 3.8) is 0 Å². The normalized spacial score (nSPS) is 12.5. The Morgan fingerprint density at radius 3 is 1.53 bits per heavy atom. The summed E-state index contributed by atoms with van der Waals surface area (Å²) < 4.78 is 0. The Hall–Kier alpha value is -5.28. The maximum absolute atomic E-state index is 13.7. The van der Waals surface area contributed by atoms with E-state index in [0.717, 1.165) is 22.3 Å². The fraction of sp³-hybridized carbons (Fsp3) is 0.263. The number of carbonyl (C=O) groups excluding carboxylic acids is 3. The van der Waals surface area contributed by atoms with E-state index in [1.807, 2.05) is 135 Å². The number of carboxylic acids is 1. The molecule has 0 heterocycles. The molecule has 9 nitrogen and oxygen atoms in total. The molecule has 0 aliphatic rings. The molecule has 2 atom stereocenters. The van der Waals surface area contributed by atoms with Crippen molar-refractivity contribution < 1.29 is 24.3 Å². The first kappa shape index (κ1) is 34.6. The van der Waals surface area contributed by atoms with Crippen LogP contribution in [0, 0.1) is 5.92 Å². The summed E-state index contributed by atoms with van der Waals surface area (Å²) in [5.74, 6) is -2.70. The zero-order valence-electron chi connectivity index (χ0n) is 26.7. The van der Waals surface area contributed by atoms with Crippen molar-refractivity contribution in [1.29, 1.82) is 0 Å². The molecule has 4 aromatic rings. The number of carbonyl (C=O) groups is 4. The van der Waals surface area contributed by atoms with Gasteiger partial charge >= 0.3 is 5.97 Å². The van der Waals surface area contributed by atoms with Gasteiger partial charge in [0.05, 0.1) is 12.1 Å². The van der Waals surface area contributed by atoms with Gasteiger partial charge in [0.1, 0.15) is 18.6 Å².